The molecule has 1 aromatic carbocycles. The average molecular weight is 316 g/mol. The van der Waals surface area contributed by atoms with E-state index in [-0.39, 0.29) is 6.04 Å². The molecule has 0 bridgehead atoms. The van der Waals surface area contributed by atoms with Gasteiger partial charge in [-0.1, -0.05) is 29.3 Å². The lowest BCUT2D eigenvalue weighted by Gasteiger charge is -2.27. The fourth-order valence-electron chi connectivity index (χ4n) is 2.21. The van der Waals surface area contributed by atoms with E-state index in [1.54, 1.807) is 6.07 Å². The third-order valence-corrected chi connectivity index (χ3v) is 3.67. The second-order valence-corrected chi connectivity index (χ2v) is 5.48. The number of rotatable bonds is 7. The summed E-state index contributed by atoms with van der Waals surface area (Å²) in [4.78, 5) is 0. The van der Waals surface area contributed by atoms with Crippen LogP contribution < -0.4 is 10.1 Å². The molecule has 0 saturated carbocycles. The van der Waals surface area contributed by atoms with E-state index in [1.165, 1.54) is 0 Å². The lowest BCUT2D eigenvalue weighted by Crippen LogP contribution is -2.30. The Morgan fingerprint density at radius 1 is 1.40 bits per heavy atom. The minimum Gasteiger partial charge on any atom is -0.492 e. The Kier molecular flexibility index (Phi) is 6.17. The zero-order valence-electron chi connectivity index (χ0n) is 11.3. The first-order valence-electron chi connectivity index (χ1n) is 6.76. The number of benzene rings is 1. The Labute approximate surface area is 129 Å². The normalized spacial score (nSPS) is 17.4. The second-order valence-electron chi connectivity index (χ2n) is 4.64. The van der Waals surface area contributed by atoms with Gasteiger partial charge in [0, 0.05) is 29.6 Å². The van der Waals surface area contributed by atoms with E-state index in [2.05, 4.69) is 11.9 Å². The first-order chi connectivity index (χ1) is 9.72. The largest absolute Gasteiger partial charge is 0.492 e. The number of ether oxygens (including phenoxy) is 2. The summed E-state index contributed by atoms with van der Waals surface area (Å²) in [6, 6.07) is 3.83. The van der Waals surface area contributed by atoms with Gasteiger partial charge in [-0.25, -0.2) is 0 Å². The number of hydrogen-bond donors (Lipinski definition) is 1. The first-order valence-corrected chi connectivity index (χ1v) is 7.51. The van der Waals surface area contributed by atoms with Gasteiger partial charge in [0.25, 0.3) is 0 Å². The minimum absolute atomic E-state index is 0.206. The zero-order valence-corrected chi connectivity index (χ0v) is 12.8. The van der Waals surface area contributed by atoms with Gasteiger partial charge in [0.05, 0.1) is 24.8 Å². The highest BCUT2D eigenvalue weighted by Crippen LogP contribution is 2.39. The van der Waals surface area contributed by atoms with Crippen molar-refractivity contribution >= 4 is 23.2 Å². The lowest BCUT2D eigenvalue weighted by atomic mass is 10.0. The van der Waals surface area contributed by atoms with Crippen molar-refractivity contribution in [3.63, 3.8) is 0 Å². The van der Waals surface area contributed by atoms with E-state index >= 15 is 0 Å². The molecule has 0 aromatic heterocycles. The molecule has 0 amide bonds. The van der Waals surface area contributed by atoms with Crippen molar-refractivity contribution in [1.82, 2.24) is 5.32 Å². The molecule has 0 saturated heterocycles. The summed E-state index contributed by atoms with van der Waals surface area (Å²) in [7, 11) is 0. The predicted octanol–water partition coefficient (Wildman–Crippen LogP) is 4.00. The van der Waals surface area contributed by atoms with Crippen molar-refractivity contribution in [3.8, 4) is 5.75 Å². The summed E-state index contributed by atoms with van der Waals surface area (Å²) in [5, 5.41) is 4.66. The van der Waals surface area contributed by atoms with Gasteiger partial charge in [-0.05, 0) is 18.6 Å². The van der Waals surface area contributed by atoms with E-state index in [4.69, 9.17) is 32.7 Å². The van der Waals surface area contributed by atoms with Crippen molar-refractivity contribution in [2.75, 3.05) is 26.4 Å². The fraction of sp³-hybridized carbons (Fsp3) is 0.467. The van der Waals surface area contributed by atoms with Gasteiger partial charge < -0.3 is 14.8 Å². The van der Waals surface area contributed by atoms with Crippen LogP contribution >= 0.6 is 23.2 Å². The van der Waals surface area contributed by atoms with Crippen LogP contribution in [0.2, 0.25) is 10.0 Å². The van der Waals surface area contributed by atoms with Crippen LogP contribution in [0.25, 0.3) is 0 Å². The number of halogens is 2. The maximum absolute atomic E-state index is 6.16. The third-order valence-electron chi connectivity index (χ3n) is 3.17. The number of nitrogens with one attached hydrogen (secondary N) is 1. The molecule has 1 N–H and O–H groups in total. The van der Waals surface area contributed by atoms with Gasteiger partial charge in [-0.2, -0.15) is 0 Å². The molecule has 0 spiro atoms. The summed E-state index contributed by atoms with van der Waals surface area (Å²) in [6.45, 7) is 6.49. The quantitative estimate of drug-likeness (QED) is 0.609. The topological polar surface area (TPSA) is 30.5 Å². The smallest absolute Gasteiger partial charge is 0.142 e. The molecular weight excluding hydrogens is 297 g/mol. The molecule has 1 unspecified atom stereocenters. The number of hydrogen-bond acceptors (Lipinski definition) is 3. The standard InChI is InChI=1S/C15H19Cl2NO2/c1-2-3-6-19-8-5-18-14-4-7-20-15-12(14)9-11(16)10-13(15)17/h2,9-10,14,18H,1,3-8H2. The highest BCUT2D eigenvalue weighted by atomic mass is 35.5. The number of fused-ring (bicyclic) bond motifs is 1. The zero-order chi connectivity index (χ0) is 14.4. The Balaban J connectivity index is 1.90. The van der Waals surface area contributed by atoms with Crippen molar-refractivity contribution in [3.05, 3.63) is 40.4 Å². The Bertz CT molecular complexity index is 465. The molecular formula is C15H19Cl2NO2. The molecule has 0 fully saturated rings. The van der Waals surface area contributed by atoms with Crippen LogP contribution in [0.3, 0.4) is 0 Å². The molecule has 1 aliphatic rings. The first kappa shape index (κ1) is 15.6. The Morgan fingerprint density at radius 2 is 2.25 bits per heavy atom. The van der Waals surface area contributed by atoms with Crippen LogP contribution in [0.15, 0.2) is 24.8 Å². The average Bonchev–Trinajstić information content (AvgIpc) is 2.43. The summed E-state index contributed by atoms with van der Waals surface area (Å²) in [5.41, 5.74) is 1.03. The summed E-state index contributed by atoms with van der Waals surface area (Å²) < 4.78 is 11.1. The second kappa shape index (κ2) is 7.89. The maximum Gasteiger partial charge on any atom is 0.142 e. The molecule has 0 aliphatic carbocycles. The van der Waals surface area contributed by atoms with E-state index in [9.17, 15) is 0 Å². The molecule has 1 atom stereocenters. The van der Waals surface area contributed by atoms with Gasteiger partial charge in [0.2, 0.25) is 0 Å². The molecule has 1 heterocycles. The van der Waals surface area contributed by atoms with Gasteiger partial charge in [0.15, 0.2) is 0 Å². The van der Waals surface area contributed by atoms with Gasteiger partial charge in [-0.15, -0.1) is 6.58 Å². The highest BCUT2D eigenvalue weighted by Gasteiger charge is 2.23. The van der Waals surface area contributed by atoms with Crippen LogP contribution in [0.1, 0.15) is 24.4 Å². The van der Waals surface area contributed by atoms with E-state index in [0.717, 1.165) is 30.7 Å². The summed E-state index contributed by atoms with van der Waals surface area (Å²) in [5.74, 6) is 0.743. The van der Waals surface area contributed by atoms with Crippen molar-refractivity contribution in [2.45, 2.75) is 18.9 Å². The van der Waals surface area contributed by atoms with Crippen LogP contribution in [-0.2, 0) is 4.74 Å². The molecule has 2 rings (SSSR count). The van der Waals surface area contributed by atoms with Gasteiger partial charge >= 0.3 is 0 Å². The fourth-order valence-corrected chi connectivity index (χ4v) is 2.78. The van der Waals surface area contributed by atoms with Crippen molar-refractivity contribution in [1.29, 1.82) is 0 Å². The van der Waals surface area contributed by atoms with Crippen LogP contribution in [0.5, 0.6) is 5.75 Å². The lowest BCUT2D eigenvalue weighted by molar-refractivity contribution is 0.135. The van der Waals surface area contributed by atoms with Crippen LogP contribution in [-0.4, -0.2) is 26.4 Å². The van der Waals surface area contributed by atoms with E-state index in [0.29, 0.717) is 29.9 Å². The molecule has 20 heavy (non-hydrogen) atoms. The third kappa shape index (κ3) is 4.13. The molecule has 3 nitrogen and oxygen atoms in total. The SMILES string of the molecule is C=CCCOCCNC1CCOc2c(Cl)cc(Cl)cc21. The Hall–Kier alpha value is -0.740. The molecule has 1 aromatic rings. The van der Waals surface area contributed by atoms with E-state index < -0.39 is 0 Å². The molecule has 5 heteroatoms. The highest BCUT2D eigenvalue weighted by molar-refractivity contribution is 6.35. The van der Waals surface area contributed by atoms with Crippen LogP contribution in [0.4, 0.5) is 0 Å². The van der Waals surface area contributed by atoms with Crippen molar-refractivity contribution < 1.29 is 9.47 Å². The summed E-state index contributed by atoms with van der Waals surface area (Å²) in [6.07, 6.45) is 3.63. The summed E-state index contributed by atoms with van der Waals surface area (Å²) >= 11 is 12.2. The maximum atomic E-state index is 6.16. The van der Waals surface area contributed by atoms with Gasteiger partial charge in [0.1, 0.15) is 5.75 Å². The van der Waals surface area contributed by atoms with Crippen LogP contribution in [0, 0.1) is 0 Å². The molecule has 1 aliphatic heterocycles. The Morgan fingerprint density at radius 3 is 3.05 bits per heavy atom. The monoisotopic (exact) mass is 315 g/mol. The van der Waals surface area contributed by atoms with Crippen molar-refractivity contribution in [2.24, 2.45) is 0 Å². The molecule has 110 valence electrons. The van der Waals surface area contributed by atoms with Gasteiger partial charge in [-0.3, -0.25) is 0 Å². The minimum atomic E-state index is 0.206. The predicted molar refractivity (Wildman–Crippen MR) is 83.0 cm³/mol. The molecule has 0 radical (unpaired) electrons. The van der Waals surface area contributed by atoms with E-state index in [1.807, 2.05) is 12.1 Å².